The lowest BCUT2D eigenvalue weighted by Gasteiger charge is -2.33. The van der Waals surface area contributed by atoms with Crippen LogP contribution in [0.1, 0.15) is 6.92 Å². The van der Waals surface area contributed by atoms with Gasteiger partial charge in [0.15, 0.2) is 0 Å². The second-order valence-electron chi connectivity index (χ2n) is 4.36. The number of likely N-dealkylation sites (N-methyl/N-ethyl adjacent to an activating group) is 1. The predicted octanol–water partition coefficient (Wildman–Crippen LogP) is 1.92. The summed E-state index contributed by atoms with van der Waals surface area (Å²) in [6.45, 7) is 7.13. The lowest BCUT2D eigenvalue weighted by molar-refractivity contribution is 0.312. The molecule has 1 saturated heterocycles. The number of piperazine rings is 1. The molecule has 1 aliphatic heterocycles. The van der Waals surface area contributed by atoms with E-state index >= 15 is 0 Å². The highest BCUT2D eigenvalue weighted by molar-refractivity contribution is 6.29. The van der Waals surface area contributed by atoms with Crippen molar-refractivity contribution < 1.29 is 0 Å². The van der Waals surface area contributed by atoms with E-state index < -0.39 is 0 Å². The first kappa shape index (κ1) is 12.5. The standard InChI is InChI=1S/C12H19ClN4/c1-3-14-10-8-11(13)15-12(9-10)17-6-4-16(2)5-7-17/h8-9H,3-7H2,1-2H3,(H,14,15). The van der Waals surface area contributed by atoms with E-state index in [4.69, 9.17) is 11.6 Å². The molecule has 2 heterocycles. The number of rotatable bonds is 3. The van der Waals surface area contributed by atoms with E-state index in [9.17, 15) is 0 Å². The molecule has 0 radical (unpaired) electrons. The largest absolute Gasteiger partial charge is 0.385 e. The molecular formula is C12H19ClN4. The Bertz CT molecular complexity index is 375. The summed E-state index contributed by atoms with van der Waals surface area (Å²) in [4.78, 5) is 9.01. The number of nitrogens with one attached hydrogen (secondary N) is 1. The number of halogens is 1. The average Bonchev–Trinajstić information content (AvgIpc) is 2.29. The van der Waals surface area contributed by atoms with Crippen molar-refractivity contribution in [1.29, 1.82) is 0 Å². The topological polar surface area (TPSA) is 31.4 Å². The number of hydrogen-bond acceptors (Lipinski definition) is 4. The zero-order chi connectivity index (χ0) is 12.3. The Labute approximate surface area is 108 Å². The first-order valence-electron chi connectivity index (χ1n) is 6.04. The van der Waals surface area contributed by atoms with E-state index in [-0.39, 0.29) is 0 Å². The maximum Gasteiger partial charge on any atom is 0.133 e. The summed E-state index contributed by atoms with van der Waals surface area (Å²) in [6, 6.07) is 3.94. The van der Waals surface area contributed by atoms with Crippen LogP contribution in [0.25, 0.3) is 0 Å². The average molecular weight is 255 g/mol. The minimum atomic E-state index is 0.553. The van der Waals surface area contributed by atoms with Gasteiger partial charge in [0.25, 0.3) is 0 Å². The van der Waals surface area contributed by atoms with Gasteiger partial charge in [0.2, 0.25) is 0 Å². The fourth-order valence-corrected chi connectivity index (χ4v) is 2.19. The molecule has 0 spiro atoms. The molecule has 0 saturated carbocycles. The summed E-state index contributed by atoms with van der Waals surface area (Å²) in [5, 5.41) is 3.83. The van der Waals surface area contributed by atoms with Gasteiger partial charge < -0.3 is 15.1 Å². The molecule has 1 aliphatic rings. The highest BCUT2D eigenvalue weighted by Crippen LogP contribution is 2.22. The summed E-state index contributed by atoms with van der Waals surface area (Å²) >= 11 is 6.05. The van der Waals surface area contributed by atoms with Crippen LogP contribution in [0.3, 0.4) is 0 Å². The van der Waals surface area contributed by atoms with Crippen molar-refractivity contribution in [3.05, 3.63) is 17.3 Å². The molecule has 0 atom stereocenters. The zero-order valence-electron chi connectivity index (χ0n) is 10.4. The molecule has 94 valence electrons. The first-order valence-corrected chi connectivity index (χ1v) is 6.42. The van der Waals surface area contributed by atoms with Crippen LogP contribution in [0.4, 0.5) is 11.5 Å². The van der Waals surface area contributed by atoms with Crippen molar-refractivity contribution in [3.63, 3.8) is 0 Å². The molecule has 5 heteroatoms. The molecule has 2 rings (SSSR count). The zero-order valence-corrected chi connectivity index (χ0v) is 11.2. The van der Waals surface area contributed by atoms with Crippen molar-refractivity contribution in [2.75, 3.05) is 50.0 Å². The molecule has 0 unspecified atom stereocenters. The molecular weight excluding hydrogens is 236 g/mol. The van der Waals surface area contributed by atoms with Crippen molar-refractivity contribution in [2.45, 2.75) is 6.92 Å². The summed E-state index contributed by atoms with van der Waals surface area (Å²) < 4.78 is 0. The minimum absolute atomic E-state index is 0.553. The monoisotopic (exact) mass is 254 g/mol. The maximum atomic E-state index is 6.05. The summed E-state index contributed by atoms with van der Waals surface area (Å²) in [7, 11) is 2.15. The first-order chi connectivity index (χ1) is 8.19. The lowest BCUT2D eigenvalue weighted by atomic mass is 10.3. The van der Waals surface area contributed by atoms with E-state index in [1.807, 2.05) is 6.07 Å². The van der Waals surface area contributed by atoms with Gasteiger partial charge in [-0.05, 0) is 20.0 Å². The Balaban J connectivity index is 2.14. The van der Waals surface area contributed by atoms with Crippen LogP contribution in [-0.2, 0) is 0 Å². The Morgan fingerprint density at radius 1 is 1.29 bits per heavy atom. The quantitative estimate of drug-likeness (QED) is 0.836. The van der Waals surface area contributed by atoms with E-state index in [1.54, 1.807) is 0 Å². The third kappa shape index (κ3) is 3.23. The molecule has 0 aromatic carbocycles. The van der Waals surface area contributed by atoms with Gasteiger partial charge in [-0.25, -0.2) is 4.98 Å². The van der Waals surface area contributed by atoms with E-state index in [0.717, 1.165) is 44.2 Å². The van der Waals surface area contributed by atoms with Gasteiger partial charge in [0.05, 0.1) is 0 Å². The fraction of sp³-hybridized carbons (Fsp3) is 0.583. The van der Waals surface area contributed by atoms with Gasteiger partial charge in [-0.1, -0.05) is 11.6 Å². The highest BCUT2D eigenvalue weighted by Gasteiger charge is 2.16. The van der Waals surface area contributed by atoms with Crippen LogP contribution in [0, 0.1) is 0 Å². The van der Waals surface area contributed by atoms with Gasteiger partial charge in [0.1, 0.15) is 11.0 Å². The van der Waals surface area contributed by atoms with E-state index in [2.05, 4.69) is 40.1 Å². The highest BCUT2D eigenvalue weighted by atomic mass is 35.5. The number of aromatic nitrogens is 1. The number of pyridine rings is 1. The second kappa shape index (κ2) is 5.56. The molecule has 4 nitrogen and oxygen atoms in total. The van der Waals surface area contributed by atoms with Crippen LogP contribution in [0.15, 0.2) is 12.1 Å². The summed E-state index contributed by atoms with van der Waals surface area (Å²) in [5.74, 6) is 0.974. The molecule has 0 bridgehead atoms. The van der Waals surface area contributed by atoms with Crippen molar-refractivity contribution in [2.24, 2.45) is 0 Å². The van der Waals surface area contributed by atoms with Crippen molar-refractivity contribution in [1.82, 2.24) is 9.88 Å². The Morgan fingerprint density at radius 3 is 2.65 bits per heavy atom. The third-order valence-corrected chi connectivity index (χ3v) is 3.18. The molecule has 1 fully saturated rings. The Morgan fingerprint density at radius 2 is 2.00 bits per heavy atom. The third-order valence-electron chi connectivity index (χ3n) is 2.99. The number of hydrogen-bond donors (Lipinski definition) is 1. The predicted molar refractivity (Wildman–Crippen MR) is 73.1 cm³/mol. The smallest absolute Gasteiger partial charge is 0.133 e. The van der Waals surface area contributed by atoms with Crippen LogP contribution in [0.5, 0.6) is 0 Å². The molecule has 0 aliphatic carbocycles. The van der Waals surface area contributed by atoms with Crippen LogP contribution < -0.4 is 10.2 Å². The summed E-state index contributed by atoms with van der Waals surface area (Å²) in [5.41, 5.74) is 1.04. The SMILES string of the molecule is CCNc1cc(Cl)nc(N2CCN(C)CC2)c1. The fourth-order valence-electron chi connectivity index (χ4n) is 1.99. The van der Waals surface area contributed by atoms with Crippen molar-refractivity contribution in [3.8, 4) is 0 Å². The van der Waals surface area contributed by atoms with Crippen molar-refractivity contribution >= 4 is 23.1 Å². The van der Waals surface area contributed by atoms with Crippen LogP contribution in [-0.4, -0.2) is 49.7 Å². The number of nitrogens with zero attached hydrogens (tertiary/aromatic N) is 3. The van der Waals surface area contributed by atoms with Gasteiger partial charge in [-0.15, -0.1) is 0 Å². The Hall–Kier alpha value is -1.00. The van der Waals surface area contributed by atoms with Gasteiger partial charge in [-0.3, -0.25) is 0 Å². The molecule has 17 heavy (non-hydrogen) atoms. The van der Waals surface area contributed by atoms with Crippen LogP contribution >= 0.6 is 11.6 Å². The lowest BCUT2D eigenvalue weighted by Crippen LogP contribution is -2.44. The minimum Gasteiger partial charge on any atom is -0.385 e. The van der Waals surface area contributed by atoms with Gasteiger partial charge in [-0.2, -0.15) is 0 Å². The molecule has 0 amide bonds. The maximum absolute atomic E-state index is 6.05. The van der Waals surface area contributed by atoms with Gasteiger partial charge >= 0.3 is 0 Å². The van der Waals surface area contributed by atoms with Gasteiger partial charge in [0, 0.05) is 44.5 Å². The number of anilines is 2. The van der Waals surface area contributed by atoms with E-state index in [1.165, 1.54) is 0 Å². The second-order valence-corrected chi connectivity index (χ2v) is 4.74. The molecule has 1 N–H and O–H groups in total. The Kier molecular flexibility index (Phi) is 4.07. The summed E-state index contributed by atoms with van der Waals surface area (Å²) in [6.07, 6.45) is 0. The van der Waals surface area contributed by atoms with Crippen LogP contribution in [0.2, 0.25) is 5.15 Å². The normalized spacial score (nSPS) is 17.2. The van der Waals surface area contributed by atoms with E-state index in [0.29, 0.717) is 5.15 Å². The molecule has 1 aromatic heterocycles. The molecule has 1 aromatic rings.